The number of esters is 1. The fraction of sp³-hybridized carbons (Fsp3) is 0.918. The Morgan fingerprint density at radius 3 is 1.31 bits per heavy atom. The number of nitrogens with one attached hydrogen (secondary N) is 1. The van der Waals surface area contributed by atoms with E-state index >= 15 is 0 Å². The van der Waals surface area contributed by atoms with E-state index in [0.29, 0.717) is 25.9 Å². The van der Waals surface area contributed by atoms with Crippen molar-refractivity contribution in [3.63, 3.8) is 0 Å². The minimum atomic E-state index is -0.679. The summed E-state index contributed by atoms with van der Waals surface area (Å²) in [7, 11) is 0. The Hall–Kier alpha value is -1.40. The lowest BCUT2D eigenvalue weighted by Gasteiger charge is -2.22. The molecule has 0 bridgehead atoms. The SMILES string of the molecule is CCCCCCCCCCCCCCCCC(O)C(CO)NC(=O)CCCCC/C=C\CCCCCCCCOC(=O)CCCCCCCCCCCCC. The standard InChI is InChI=1S/C49H95NO5/c1-3-5-7-9-11-13-15-16-18-22-25-29-33-37-41-47(52)46(45-51)50-48(53)42-38-34-30-26-23-19-17-20-24-28-32-36-40-44-55-49(54)43-39-35-31-27-21-14-12-10-8-6-4-2/h19,23,46-47,51-52H,3-18,20-22,24-45H2,1-2H3,(H,50,53)/b23-19-. The normalized spacial score (nSPS) is 12.7. The van der Waals surface area contributed by atoms with Gasteiger partial charge in [-0.2, -0.15) is 0 Å². The smallest absolute Gasteiger partial charge is 0.305 e. The molecule has 0 rings (SSSR count). The molecule has 2 atom stereocenters. The predicted molar refractivity (Wildman–Crippen MR) is 237 cm³/mol. The van der Waals surface area contributed by atoms with Crippen LogP contribution in [0.5, 0.6) is 0 Å². The molecule has 326 valence electrons. The Bertz CT molecular complexity index is 817. The molecule has 0 radical (unpaired) electrons. The van der Waals surface area contributed by atoms with Crippen molar-refractivity contribution in [2.24, 2.45) is 0 Å². The van der Waals surface area contributed by atoms with E-state index in [-0.39, 0.29) is 18.5 Å². The molecule has 2 unspecified atom stereocenters. The molecular weight excluding hydrogens is 683 g/mol. The van der Waals surface area contributed by atoms with Gasteiger partial charge in [-0.15, -0.1) is 0 Å². The van der Waals surface area contributed by atoms with Crippen LogP contribution in [-0.2, 0) is 14.3 Å². The molecule has 0 aromatic carbocycles. The molecule has 0 saturated carbocycles. The van der Waals surface area contributed by atoms with E-state index in [1.807, 2.05) is 0 Å². The maximum atomic E-state index is 12.4. The summed E-state index contributed by atoms with van der Waals surface area (Å²) in [4.78, 5) is 24.4. The Morgan fingerprint density at radius 1 is 0.491 bits per heavy atom. The van der Waals surface area contributed by atoms with Crippen LogP contribution in [0.2, 0.25) is 0 Å². The van der Waals surface area contributed by atoms with Gasteiger partial charge in [0.1, 0.15) is 0 Å². The van der Waals surface area contributed by atoms with Gasteiger partial charge in [-0.05, 0) is 51.4 Å². The second-order valence-electron chi connectivity index (χ2n) is 16.8. The van der Waals surface area contributed by atoms with E-state index in [0.717, 1.165) is 70.6 Å². The maximum absolute atomic E-state index is 12.4. The Kier molecular flexibility index (Phi) is 44.2. The number of hydrogen-bond donors (Lipinski definition) is 3. The highest BCUT2D eigenvalue weighted by molar-refractivity contribution is 5.76. The van der Waals surface area contributed by atoms with Gasteiger partial charge in [0, 0.05) is 12.8 Å². The van der Waals surface area contributed by atoms with Crippen LogP contribution in [0.25, 0.3) is 0 Å². The number of allylic oxidation sites excluding steroid dienone is 2. The van der Waals surface area contributed by atoms with E-state index in [4.69, 9.17) is 4.74 Å². The molecule has 1 amide bonds. The van der Waals surface area contributed by atoms with E-state index in [1.54, 1.807) is 0 Å². The van der Waals surface area contributed by atoms with E-state index in [1.165, 1.54) is 161 Å². The van der Waals surface area contributed by atoms with Crippen molar-refractivity contribution in [3.8, 4) is 0 Å². The molecule has 3 N–H and O–H groups in total. The molecule has 0 aliphatic carbocycles. The van der Waals surface area contributed by atoms with Crippen LogP contribution in [0.4, 0.5) is 0 Å². The summed E-state index contributed by atoms with van der Waals surface area (Å²) in [5, 5.41) is 23.2. The Balaban J connectivity index is 3.51. The average molecular weight is 778 g/mol. The van der Waals surface area contributed by atoms with Crippen LogP contribution in [0, 0.1) is 0 Å². The quantitative estimate of drug-likeness (QED) is 0.0325. The first-order valence-electron chi connectivity index (χ1n) is 24.4. The summed E-state index contributed by atoms with van der Waals surface area (Å²) < 4.78 is 5.43. The van der Waals surface area contributed by atoms with Crippen molar-refractivity contribution >= 4 is 11.9 Å². The molecule has 0 aliphatic heterocycles. The van der Waals surface area contributed by atoms with Crippen LogP contribution in [-0.4, -0.2) is 47.4 Å². The van der Waals surface area contributed by atoms with Crippen molar-refractivity contribution in [1.29, 1.82) is 0 Å². The van der Waals surface area contributed by atoms with E-state index < -0.39 is 12.1 Å². The zero-order valence-corrected chi connectivity index (χ0v) is 36.9. The number of ether oxygens (including phenoxy) is 1. The fourth-order valence-electron chi connectivity index (χ4n) is 7.51. The first kappa shape index (κ1) is 53.6. The number of amides is 1. The fourth-order valence-corrected chi connectivity index (χ4v) is 7.51. The molecule has 0 saturated heterocycles. The van der Waals surface area contributed by atoms with Gasteiger partial charge in [-0.25, -0.2) is 0 Å². The van der Waals surface area contributed by atoms with E-state index in [9.17, 15) is 19.8 Å². The maximum Gasteiger partial charge on any atom is 0.305 e. The number of aliphatic hydroxyl groups is 2. The molecule has 55 heavy (non-hydrogen) atoms. The number of rotatable bonds is 45. The van der Waals surface area contributed by atoms with Crippen molar-refractivity contribution in [3.05, 3.63) is 12.2 Å². The van der Waals surface area contributed by atoms with Gasteiger partial charge in [0.15, 0.2) is 0 Å². The van der Waals surface area contributed by atoms with Gasteiger partial charge in [-0.1, -0.05) is 212 Å². The minimum absolute atomic E-state index is 0.0129. The average Bonchev–Trinajstić information content (AvgIpc) is 3.18. The first-order chi connectivity index (χ1) is 27.0. The van der Waals surface area contributed by atoms with Crippen LogP contribution >= 0.6 is 0 Å². The van der Waals surface area contributed by atoms with Crippen molar-refractivity contribution < 1.29 is 24.5 Å². The zero-order valence-electron chi connectivity index (χ0n) is 36.9. The third-order valence-electron chi connectivity index (χ3n) is 11.3. The van der Waals surface area contributed by atoms with Gasteiger partial charge in [0.05, 0.1) is 25.4 Å². The number of carbonyl (C=O) groups excluding carboxylic acids is 2. The van der Waals surface area contributed by atoms with Crippen molar-refractivity contribution in [2.75, 3.05) is 13.2 Å². The van der Waals surface area contributed by atoms with E-state index in [2.05, 4.69) is 31.3 Å². The summed E-state index contributed by atoms with van der Waals surface area (Å²) in [5.41, 5.74) is 0. The molecule has 0 aromatic heterocycles. The van der Waals surface area contributed by atoms with Crippen LogP contribution in [0.3, 0.4) is 0 Å². The van der Waals surface area contributed by atoms with Gasteiger partial charge in [0.2, 0.25) is 5.91 Å². The molecule has 0 aliphatic rings. The topological polar surface area (TPSA) is 95.9 Å². The lowest BCUT2D eigenvalue weighted by molar-refractivity contribution is -0.143. The molecule has 0 fully saturated rings. The van der Waals surface area contributed by atoms with Gasteiger partial charge < -0.3 is 20.3 Å². The molecule has 6 heteroatoms. The zero-order chi connectivity index (χ0) is 40.1. The highest BCUT2D eigenvalue weighted by Gasteiger charge is 2.20. The summed E-state index contributed by atoms with van der Waals surface area (Å²) >= 11 is 0. The third-order valence-corrected chi connectivity index (χ3v) is 11.3. The van der Waals surface area contributed by atoms with Crippen molar-refractivity contribution in [1.82, 2.24) is 5.32 Å². The monoisotopic (exact) mass is 778 g/mol. The molecule has 0 aromatic rings. The lowest BCUT2D eigenvalue weighted by atomic mass is 10.0. The summed E-state index contributed by atoms with van der Waals surface area (Å²) in [5.74, 6) is -0.0774. The summed E-state index contributed by atoms with van der Waals surface area (Å²) in [6, 6.07) is -0.559. The number of carbonyl (C=O) groups is 2. The van der Waals surface area contributed by atoms with Crippen LogP contribution < -0.4 is 5.32 Å². The second-order valence-corrected chi connectivity index (χ2v) is 16.8. The molecule has 0 heterocycles. The summed E-state index contributed by atoms with van der Waals surface area (Å²) in [6.07, 6.45) is 50.3. The summed E-state index contributed by atoms with van der Waals surface area (Å²) in [6.45, 7) is 4.90. The molecular formula is C49H95NO5. The molecule has 0 spiro atoms. The number of unbranched alkanes of at least 4 members (excludes halogenated alkanes) is 32. The van der Waals surface area contributed by atoms with Gasteiger partial charge in [-0.3, -0.25) is 9.59 Å². The number of hydrogen-bond acceptors (Lipinski definition) is 5. The number of aliphatic hydroxyl groups excluding tert-OH is 2. The van der Waals surface area contributed by atoms with Crippen LogP contribution in [0.15, 0.2) is 12.2 Å². The predicted octanol–water partition coefficient (Wildman–Crippen LogP) is 14.2. The van der Waals surface area contributed by atoms with Crippen LogP contribution in [0.1, 0.15) is 264 Å². The molecule has 6 nitrogen and oxygen atoms in total. The van der Waals surface area contributed by atoms with Gasteiger partial charge >= 0.3 is 5.97 Å². The Morgan fingerprint density at radius 2 is 0.855 bits per heavy atom. The minimum Gasteiger partial charge on any atom is -0.466 e. The second kappa shape index (κ2) is 45.3. The largest absolute Gasteiger partial charge is 0.466 e. The van der Waals surface area contributed by atoms with Gasteiger partial charge in [0.25, 0.3) is 0 Å². The highest BCUT2D eigenvalue weighted by Crippen LogP contribution is 2.16. The Labute approximate surface area is 342 Å². The highest BCUT2D eigenvalue weighted by atomic mass is 16.5. The third kappa shape index (κ3) is 42.0. The van der Waals surface area contributed by atoms with Crippen molar-refractivity contribution in [2.45, 2.75) is 276 Å². The first-order valence-corrected chi connectivity index (χ1v) is 24.4. The lowest BCUT2D eigenvalue weighted by Crippen LogP contribution is -2.45.